The third-order valence-corrected chi connectivity index (χ3v) is 7.39. The molecule has 1 saturated heterocycles. The Hall–Kier alpha value is -3.27. The number of aliphatic carboxylic acids is 1. The SMILES string of the molecule is CCOC=NNC(=O)[C@H]1C[C@@](CC(C)C)(C(=O)O)N(C(=O)c2ccc(C(C)(C)C)cc2)[C@H]1c1nccs1. The molecule has 2 amide bonds. The van der Waals surface area contributed by atoms with E-state index in [1.54, 1.807) is 30.6 Å². The van der Waals surface area contributed by atoms with Gasteiger partial charge in [0.25, 0.3) is 5.91 Å². The van der Waals surface area contributed by atoms with Crippen molar-refractivity contribution in [3.05, 3.63) is 52.0 Å². The van der Waals surface area contributed by atoms with Gasteiger partial charge in [-0.25, -0.2) is 15.2 Å². The lowest BCUT2D eigenvalue weighted by atomic mass is 9.83. The van der Waals surface area contributed by atoms with Crippen LogP contribution in [-0.4, -0.2) is 51.3 Å². The standard InChI is InChI=1S/C27H36N4O5S/c1-7-36-16-29-30-22(32)20-15-27(25(34)35,14-17(2)3)31(21(20)23-28-12-13-37-23)24(33)18-8-10-19(11-9-18)26(4,5)6/h8-13,16-17,20-21H,7,14-15H2,1-6H3,(H,30,32)(H,34,35)/t20-,21+,27-/m0/s1. The number of nitrogens with one attached hydrogen (secondary N) is 1. The molecule has 1 aromatic carbocycles. The minimum absolute atomic E-state index is 0.0515. The van der Waals surface area contributed by atoms with E-state index in [1.165, 1.54) is 16.2 Å². The molecule has 0 radical (unpaired) electrons. The summed E-state index contributed by atoms with van der Waals surface area (Å²) in [6.07, 6.45) is 2.84. The van der Waals surface area contributed by atoms with E-state index >= 15 is 0 Å². The quantitative estimate of drug-likeness (QED) is 0.279. The third kappa shape index (κ3) is 6.01. The van der Waals surface area contributed by atoms with Crippen LogP contribution < -0.4 is 5.43 Å². The Bertz CT molecular complexity index is 1120. The number of carboxylic acid groups (broad SMARTS) is 1. The number of carboxylic acids is 1. The summed E-state index contributed by atoms with van der Waals surface area (Å²) >= 11 is 1.29. The van der Waals surface area contributed by atoms with E-state index in [1.807, 2.05) is 26.0 Å². The highest BCUT2D eigenvalue weighted by Gasteiger charge is 2.61. The Morgan fingerprint density at radius 3 is 2.49 bits per heavy atom. The molecule has 1 aliphatic heterocycles. The Morgan fingerprint density at radius 2 is 1.97 bits per heavy atom. The van der Waals surface area contributed by atoms with Crippen molar-refractivity contribution >= 4 is 35.5 Å². The number of thiazole rings is 1. The van der Waals surface area contributed by atoms with Gasteiger partial charge in [-0.05, 0) is 48.8 Å². The minimum atomic E-state index is -1.60. The van der Waals surface area contributed by atoms with Gasteiger partial charge < -0.3 is 14.7 Å². The van der Waals surface area contributed by atoms with Gasteiger partial charge in [0, 0.05) is 17.1 Å². The van der Waals surface area contributed by atoms with E-state index in [0.29, 0.717) is 17.2 Å². The van der Waals surface area contributed by atoms with Crippen molar-refractivity contribution in [3.63, 3.8) is 0 Å². The molecule has 0 spiro atoms. The number of hydrazone groups is 1. The van der Waals surface area contributed by atoms with E-state index in [9.17, 15) is 19.5 Å². The summed E-state index contributed by atoms with van der Waals surface area (Å²) in [7, 11) is 0. The highest BCUT2D eigenvalue weighted by molar-refractivity contribution is 7.09. The van der Waals surface area contributed by atoms with Gasteiger partial charge in [-0.1, -0.05) is 46.8 Å². The molecule has 1 aliphatic rings. The van der Waals surface area contributed by atoms with E-state index in [0.717, 1.165) is 12.0 Å². The van der Waals surface area contributed by atoms with Crippen molar-refractivity contribution in [2.75, 3.05) is 6.61 Å². The summed E-state index contributed by atoms with van der Waals surface area (Å²) in [5, 5.41) is 16.7. The number of carbonyl (C=O) groups excluding carboxylic acids is 2. The molecule has 200 valence electrons. The molecule has 2 aromatic rings. The monoisotopic (exact) mass is 528 g/mol. The Balaban J connectivity index is 2.13. The third-order valence-electron chi connectivity index (χ3n) is 6.55. The largest absolute Gasteiger partial charge is 0.482 e. The maximum absolute atomic E-state index is 14.1. The van der Waals surface area contributed by atoms with Crippen molar-refractivity contribution in [2.24, 2.45) is 16.9 Å². The molecule has 1 aromatic heterocycles. The number of amides is 2. The van der Waals surface area contributed by atoms with Crippen molar-refractivity contribution < 1.29 is 24.2 Å². The van der Waals surface area contributed by atoms with Gasteiger partial charge in [0.15, 0.2) is 6.40 Å². The van der Waals surface area contributed by atoms with Crippen LogP contribution in [0.25, 0.3) is 0 Å². The van der Waals surface area contributed by atoms with Gasteiger partial charge in [-0.15, -0.1) is 16.4 Å². The highest BCUT2D eigenvalue weighted by atomic mass is 32.1. The fourth-order valence-corrected chi connectivity index (χ4v) is 5.70. The average Bonchev–Trinajstić information content (AvgIpc) is 3.47. The van der Waals surface area contributed by atoms with Gasteiger partial charge >= 0.3 is 5.97 Å². The molecule has 2 heterocycles. The number of benzene rings is 1. The summed E-state index contributed by atoms with van der Waals surface area (Å²) in [5.74, 6) is -3.02. The lowest BCUT2D eigenvalue weighted by Crippen LogP contribution is -2.54. The molecule has 0 unspecified atom stereocenters. The molecule has 37 heavy (non-hydrogen) atoms. The molecule has 0 aliphatic carbocycles. The number of nitrogens with zero attached hydrogens (tertiary/aromatic N) is 3. The first-order chi connectivity index (χ1) is 17.4. The van der Waals surface area contributed by atoms with Crippen molar-refractivity contribution in [1.82, 2.24) is 15.3 Å². The fourth-order valence-electron chi connectivity index (χ4n) is 4.91. The predicted octanol–water partition coefficient (Wildman–Crippen LogP) is 4.61. The molecule has 10 heteroatoms. The van der Waals surface area contributed by atoms with Gasteiger partial charge in [-0.2, -0.15) is 0 Å². The number of likely N-dealkylation sites (tertiary alicyclic amines) is 1. The van der Waals surface area contributed by atoms with Gasteiger partial charge in [-0.3, -0.25) is 9.59 Å². The van der Waals surface area contributed by atoms with Crippen LogP contribution in [-0.2, 0) is 19.7 Å². The maximum atomic E-state index is 14.1. The molecule has 0 bridgehead atoms. The normalized spacial score (nSPS) is 22.0. The van der Waals surface area contributed by atoms with Crippen LogP contribution in [0.4, 0.5) is 0 Å². The number of rotatable bonds is 9. The van der Waals surface area contributed by atoms with Crippen LogP contribution in [0.5, 0.6) is 0 Å². The number of hydrogen-bond acceptors (Lipinski definition) is 7. The zero-order valence-electron chi connectivity index (χ0n) is 22.2. The molecule has 0 saturated carbocycles. The molecular formula is C27H36N4O5S. The van der Waals surface area contributed by atoms with Crippen LogP contribution in [0.15, 0.2) is 40.9 Å². The molecular weight excluding hydrogens is 492 g/mol. The van der Waals surface area contributed by atoms with E-state index in [-0.39, 0.29) is 24.2 Å². The second kappa shape index (κ2) is 11.4. The van der Waals surface area contributed by atoms with Crippen molar-refractivity contribution in [3.8, 4) is 0 Å². The van der Waals surface area contributed by atoms with Crippen LogP contribution in [0.3, 0.4) is 0 Å². The Labute approximate surface area is 221 Å². The first-order valence-electron chi connectivity index (χ1n) is 12.4. The van der Waals surface area contributed by atoms with Crippen molar-refractivity contribution in [1.29, 1.82) is 0 Å². The summed E-state index contributed by atoms with van der Waals surface area (Å²) in [4.78, 5) is 46.2. The minimum Gasteiger partial charge on any atom is -0.482 e. The van der Waals surface area contributed by atoms with Crippen molar-refractivity contribution in [2.45, 2.75) is 71.4 Å². The van der Waals surface area contributed by atoms with Gasteiger partial charge in [0.1, 0.15) is 10.5 Å². The van der Waals surface area contributed by atoms with Crippen LogP contribution >= 0.6 is 11.3 Å². The number of aromatic nitrogens is 1. The van der Waals surface area contributed by atoms with Crippen LogP contribution in [0.1, 0.15) is 81.4 Å². The van der Waals surface area contributed by atoms with Gasteiger partial charge in [0.05, 0.1) is 18.6 Å². The topological polar surface area (TPSA) is 121 Å². The summed E-state index contributed by atoms with van der Waals surface area (Å²) in [6.45, 7) is 12.2. The molecule has 9 nitrogen and oxygen atoms in total. The van der Waals surface area contributed by atoms with Gasteiger partial charge in [0.2, 0.25) is 5.91 Å². The highest BCUT2D eigenvalue weighted by Crippen LogP contribution is 2.51. The molecule has 3 rings (SSSR count). The van der Waals surface area contributed by atoms with E-state index in [4.69, 9.17) is 4.74 Å². The van der Waals surface area contributed by atoms with Crippen LogP contribution in [0, 0.1) is 11.8 Å². The van der Waals surface area contributed by atoms with Crippen LogP contribution in [0.2, 0.25) is 0 Å². The molecule has 1 fully saturated rings. The number of ether oxygens (including phenoxy) is 1. The molecule has 2 N–H and O–H groups in total. The first kappa shape index (κ1) is 28.3. The van der Waals surface area contributed by atoms with E-state index in [2.05, 4.69) is 36.3 Å². The summed E-state index contributed by atoms with van der Waals surface area (Å²) in [6, 6.07) is 6.36. The first-order valence-corrected chi connectivity index (χ1v) is 13.3. The second-order valence-corrected chi connectivity index (χ2v) is 11.7. The lowest BCUT2D eigenvalue weighted by Gasteiger charge is -2.38. The Morgan fingerprint density at radius 1 is 1.30 bits per heavy atom. The maximum Gasteiger partial charge on any atom is 0.329 e. The zero-order valence-corrected chi connectivity index (χ0v) is 23.0. The average molecular weight is 529 g/mol. The summed E-state index contributed by atoms with van der Waals surface area (Å²) in [5.41, 5.74) is 2.16. The summed E-state index contributed by atoms with van der Waals surface area (Å²) < 4.78 is 5.05. The second-order valence-electron chi connectivity index (χ2n) is 10.7. The Kier molecular flexibility index (Phi) is 8.73. The lowest BCUT2D eigenvalue weighted by molar-refractivity contribution is -0.150. The smallest absolute Gasteiger partial charge is 0.329 e. The number of hydrogen-bond donors (Lipinski definition) is 2. The zero-order chi connectivity index (χ0) is 27.4. The molecule has 3 atom stereocenters. The predicted molar refractivity (Wildman–Crippen MR) is 142 cm³/mol. The van der Waals surface area contributed by atoms with E-state index < -0.39 is 35.3 Å². The fraction of sp³-hybridized carbons (Fsp3) is 0.519. The number of carbonyl (C=O) groups is 3.